The van der Waals surface area contributed by atoms with Crippen LogP contribution in [0.2, 0.25) is 0 Å². The summed E-state index contributed by atoms with van der Waals surface area (Å²) >= 11 is 0. The van der Waals surface area contributed by atoms with Gasteiger partial charge in [0.2, 0.25) is 10.0 Å². The summed E-state index contributed by atoms with van der Waals surface area (Å²) in [6.07, 6.45) is 5.10. The van der Waals surface area contributed by atoms with Gasteiger partial charge in [-0.25, -0.2) is 13.1 Å². The minimum Gasteiger partial charge on any atom is -0.208 e. The Labute approximate surface area is 138 Å². The highest BCUT2D eigenvalue weighted by Crippen LogP contribution is 2.49. The third-order valence-corrected chi connectivity index (χ3v) is 7.36. The highest BCUT2D eigenvalue weighted by Gasteiger charge is 2.42. The molecule has 1 N–H and O–H groups in total. The summed E-state index contributed by atoms with van der Waals surface area (Å²) in [5.74, 6) is 2.05. The Balaban J connectivity index is 1.56. The molecule has 4 atom stereocenters. The Hall–Kier alpha value is -1.39. The van der Waals surface area contributed by atoms with E-state index in [1.54, 1.807) is 12.1 Å². The Bertz CT molecular complexity index is 830. The van der Waals surface area contributed by atoms with Gasteiger partial charge in [0.1, 0.15) is 0 Å². The first-order valence-corrected chi connectivity index (χ1v) is 10.0. The average molecular weight is 329 g/mol. The van der Waals surface area contributed by atoms with Crippen LogP contribution in [0.5, 0.6) is 0 Å². The molecule has 4 heteroatoms. The zero-order valence-corrected chi connectivity index (χ0v) is 14.2. The lowest BCUT2D eigenvalue weighted by Crippen LogP contribution is -2.40. The zero-order chi connectivity index (χ0) is 16.0. The van der Waals surface area contributed by atoms with Crippen LogP contribution >= 0.6 is 0 Å². The van der Waals surface area contributed by atoms with E-state index in [1.807, 2.05) is 37.3 Å². The molecule has 0 spiro atoms. The van der Waals surface area contributed by atoms with Crippen LogP contribution < -0.4 is 4.72 Å². The summed E-state index contributed by atoms with van der Waals surface area (Å²) in [5.41, 5.74) is 0. The van der Waals surface area contributed by atoms with Crippen molar-refractivity contribution < 1.29 is 8.42 Å². The van der Waals surface area contributed by atoms with Crippen molar-refractivity contribution >= 4 is 20.8 Å². The van der Waals surface area contributed by atoms with Gasteiger partial charge in [0.15, 0.2) is 0 Å². The summed E-state index contributed by atoms with van der Waals surface area (Å²) in [5, 5.41) is 2.02. The van der Waals surface area contributed by atoms with E-state index in [4.69, 9.17) is 0 Å². The van der Waals surface area contributed by atoms with Gasteiger partial charge in [-0.05, 0) is 66.8 Å². The summed E-state index contributed by atoms with van der Waals surface area (Å²) < 4.78 is 28.4. The van der Waals surface area contributed by atoms with Crippen LogP contribution in [-0.4, -0.2) is 14.5 Å². The fraction of sp³-hybridized carbons (Fsp3) is 0.474. The third kappa shape index (κ3) is 2.79. The second-order valence-corrected chi connectivity index (χ2v) is 8.97. The summed E-state index contributed by atoms with van der Waals surface area (Å²) in [4.78, 5) is 0.367. The van der Waals surface area contributed by atoms with E-state index in [-0.39, 0.29) is 6.04 Å². The highest BCUT2D eigenvalue weighted by atomic mass is 32.2. The van der Waals surface area contributed by atoms with E-state index in [9.17, 15) is 8.42 Å². The standard InChI is InChI=1S/C19H23NO2S/c1-13(19-11-14-6-7-17(19)10-14)20-23(21,22)18-9-8-15-4-2-3-5-16(15)12-18/h2-5,8-9,12-14,17,19-20H,6-7,10-11H2,1H3/t13-,14+,17+,19+/m0/s1. The maximum Gasteiger partial charge on any atom is 0.240 e. The molecule has 2 aromatic carbocycles. The fourth-order valence-electron chi connectivity index (χ4n) is 4.64. The summed E-state index contributed by atoms with van der Waals surface area (Å²) in [6.45, 7) is 2.03. The lowest BCUT2D eigenvalue weighted by molar-refractivity contribution is 0.280. The number of nitrogens with one attached hydrogen (secondary N) is 1. The van der Waals surface area contributed by atoms with Crippen LogP contribution in [0.25, 0.3) is 10.8 Å². The van der Waals surface area contributed by atoms with Crippen molar-refractivity contribution in [3.05, 3.63) is 42.5 Å². The minimum atomic E-state index is -3.46. The van der Waals surface area contributed by atoms with E-state index in [0.29, 0.717) is 16.7 Å². The molecular formula is C19H23NO2S. The molecule has 4 rings (SSSR count). The second-order valence-electron chi connectivity index (χ2n) is 7.26. The molecule has 0 aromatic heterocycles. The van der Waals surface area contributed by atoms with Gasteiger partial charge in [-0.3, -0.25) is 0 Å². The second kappa shape index (κ2) is 5.60. The molecule has 2 saturated carbocycles. The molecule has 2 aliphatic rings. The zero-order valence-electron chi connectivity index (χ0n) is 13.4. The maximum absolute atomic E-state index is 12.7. The predicted octanol–water partition coefficient (Wildman–Crippen LogP) is 3.94. The molecule has 2 aromatic rings. The van der Waals surface area contributed by atoms with E-state index < -0.39 is 10.0 Å². The molecule has 0 amide bonds. The molecule has 2 fully saturated rings. The van der Waals surface area contributed by atoms with Crippen molar-refractivity contribution in [1.29, 1.82) is 0 Å². The number of fused-ring (bicyclic) bond motifs is 3. The van der Waals surface area contributed by atoms with Gasteiger partial charge < -0.3 is 0 Å². The molecule has 2 bridgehead atoms. The molecule has 3 nitrogen and oxygen atoms in total. The van der Waals surface area contributed by atoms with Crippen molar-refractivity contribution in [2.75, 3.05) is 0 Å². The number of hydrogen-bond acceptors (Lipinski definition) is 2. The van der Waals surface area contributed by atoms with Crippen molar-refractivity contribution in [2.24, 2.45) is 17.8 Å². The number of sulfonamides is 1. The van der Waals surface area contributed by atoms with Gasteiger partial charge in [-0.2, -0.15) is 0 Å². The highest BCUT2D eigenvalue weighted by molar-refractivity contribution is 7.89. The van der Waals surface area contributed by atoms with E-state index in [1.165, 1.54) is 25.7 Å². The number of hydrogen-bond donors (Lipinski definition) is 1. The normalized spacial score (nSPS) is 28.3. The van der Waals surface area contributed by atoms with Gasteiger partial charge in [-0.1, -0.05) is 36.8 Å². The molecule has 0 radical (unpaired) electrons. The smallest absolute Gasteiger partial charge is 0.208 e. The van der Waals surface area contributed by atoms with Gasteiger partial charge in [0.25, 0.3) is 0 Å². The molecular weight excluding hydrogens is 306 g/mol. The van der Waals surface area contributed by atoms with E-state index in [2.05, 4.69) is 4.72 Å². The van der Waals surface area contributed by atoms with Crippen molar-refractivity contribution in [1.82, 2.24) is 4.72 Å². The minimum absolute atomic E-state index is 0.0155. The van der Waals surface area contributed by atoms with E-state index >= 15 is 0 Å². The topological polar surface area (TPSA) is 46.2 Å². The van der Waals surface area contributed by atoms with E-state index in [0.717, 1.165) is 16.7 Å². The van der Waals surface area contributed by atoms with Gasteiger partial charge >= 0.3 is 0 Å². The first-order valence-electron chi connectivity index (χ1n) is 8.54. The summed E-state index contributed by atoms with van der Waals surface area (Å²) in [6, 6.07) is 13.2. The SMILES string of the molecule is C[C@H](NS(=O)(=O)c1ccc2ccccc2c1)[C@H]1C[C@@H]2CC[C@@H]1C2. The number of benzene rings is 2. The van der Waals surface area contributed by atoms with Crippen molar-refractivity contribution in [3.63, 3.8) is 0 Å². The van der Waals surface area contributed by atoms with Crippen molar-refractivity contribution in [3.8, 4) is 0 Å². The average Bonchev–Trinajstić information content (AvgIpc) is 3.17. The first kappa shape index (κ1) is 15.2. The Morgan fingerprint density at radius 3 is 2.52 bits per heavy atom. The fourth-order valence-corrected chi connectivity index (χ4v) is 5.97. The van der Waals surface area contributed by atoms with Crippen LogP contribution in [-0.2, 0) is 10.0 Å². The van der Waals surface area contributed by atoms with Crippen LogP contribution in [0.15, 0.2) is 47.4 Å². The first-order chi connectivity index (χ1) is 11.0. The molecule has 0 heterocycles. The lowest BCUT2D eigenvalue weighted by atomic mass is 9.84. The monoisotopic (exact) mass is 329 g/mol. The van der Waals surface area contributed by atoms with Gasteiger partial charge in [-0.15, -0.1) is 0 Å². The Morgan fingerprint density at radius 1 is 1.04 bits per heavy atom. The molecule has 0 unspecified atom stereocenters. The van der Waals surface area contributed by atoms with Crippen LogP contribution in [0.4, 0.5) is 0 Å². The maximum atomic E-state index is 12.7. The quantitative estimate of drug-likeness (QED) is 0.923. The molecule has 0 aliphatic heterocycles. The Morgan fingerprint density at radius 2 is 1.83 bits per heavy atom. The van der Waals surface area contributed by atoms with Gasteiger partial charge in [0.05, 0.1) is 4.90 Å². The lowest BCUT2D eigenvalue weighted by Gasteiger charge is -2.28. The summed E-state index contributed by atoms with van der Waals surface area (Å²) in [7, 11) is -3.46. The van der Waals surface area contributed by atoms with Crippen molar-refractivity contribution in [2.45, 2.75) is 43.5 Å². The van der Waals surface area contributed by atoms with Crippen LogP contribution in [0.3, 0.4) is 0 Å². The molecule has 0 saturated heterocycles. The molecule has 2 aliphatic carbocycles. The molecule has 122 valence electrons. The third-order valence-electron chi connectivity index (χ3n) is 5.81. The molecule has 23 heavy (non-hydrogen) atoms. The Kier molecular flexibility index (Phi) is 3.69. The number of rotatable bonds is 4. The van der Waals surface area contributed by atoms with Crippen LogP contribution in [0, 0.1) is 17.8 Å². The van der Waals surface area contributed by atoms with Gasteiger partial charge in [0, 0.05) is 6.04 Å². The van der Waals surface area contributed by atoms with Crippen LogP contribution in [0.1, 0.15) is 32.6 Å². The predicted molar refractivity (Wildman–Crippen MR) is 92.7 cm³/mol. The largest absolute Gasteiger partial charge is 0.240 e.